The molecule has 22 heavy (non-hydrogen) atoms. The lowest BCUT2D eigenvalue weighted by Gasteiger charge is -2.12. The summed E-state index contributed by atoms with van der Waals surface area (Å²) in [5.74, 6) is 0.349. The lowest BCUT2D eigenvalue weighted by molar-refractivity contribution is 0.331. The molecule has 0 aliphatic carbocycles. The highest BCUT2D eigenvalue weighted by Crippen LogP contribution is 2.27. The Morgan fingerprint density at radius 3 is 2.45 bits per heavy atom. The fraction of sp³-hybridized carbons (Fsp3) is 0.250. The van der Waals surface area contributed by atoms with Gasteiger partial charge >= 0.3 is 0 Å². The molecule has 4 nitrogen and oxygen atoms in total. The normalized spacial score (nSPS) is 11.4. The van der Waals surface area contributed by atoms with E-state index in [-0.39, 0.29) is 11.4 Å². The molecule has 0 spiro atoms. The summed E-state index contributed by atoms with van der Waals surface area (Å²) in [6.07, 6.45) is 0. The fourth-order valence-electron chi connectivity index (χ4n) is 1.93. The van der Waals surface area contributed by atoms with E-state index in [2.05, 4.69) is 20.7 Å². The van der Waals surface area contributed by atoms with Gasteiger partial charge < -0.3 is 4.74 Å². The largest absolute Gasteiger partial charge is 0.492 e. The van der Waals surface area contributed by atoms with E-state index in [4.69, 9.17) is 4.74 Å². The first-order valence-corrected chi connectivity index (χ1v) is 9.17. The maximum atomic E-state index is 12.5. The number of rotatable bonds is 6. The number of halogens is 1. The van der Waals surface area contributed by atoms with Crippen molar-refractivity contribution in [2.24, 2.45) is 0 Å². The zero-order valence-corrected chi connectivity index (χ0v) is 14.9. The van der Waals surface area contributed by atoms with Gasteiger partial charge in [-0.15, -0.1) is 0 Å². The molecule has 2 aromatic carbocycles. The summed E-state index contributed by atoms with van der Waals surface area (Å²) in [5.41, 5.74) is 2.04. The Bertz CT molecular complexity index is 742. The number of nitrogens with one attached hydrogen (secondary N) is 1. The summed E-state index contributed by atoms with van der Waals surface area (Å²) in [4.78, 5) is 0.135. The highest BCUT2D eigenvalue weighted by atomic mass is 79.9. The Morgan fingerprint density at radius 2 is 1.82 bits per heavy atom. The highest BCUT2D eigenvalue weighted by Gasteiger charge is 2.19. The molecule has 0 aromatic heterocycles. The first kappa shape index (κ1) is 17.0. The van der Waals surface area contributed by atoms with Crippen LogP contribution < -0.4 is 9.46 Å². The average molecular weight is 384 g/mol. The predicted octanol–water partition coefficient (Wildman–Crippen LogP) is 3.63. The monoisotopic (exact) mass is 383 g/mol. The van der Waals surface area contributed by atoms with Gasteiger partial charge in [0.15, 0.2) is 0 Å². The Kier molecular flexibility index (Phi) is 5.61. The number of sulfonamides is 1. The molecule has 2 aromatic rings. The molecule has 0 bridgehead atoms. The van der Waals surface area contributed by atoms with Crippen LogP contribution >= 0.6 is 15.9 Å². The Balaban J connectivity index is 2.22. The Hall–Kier alpha value is -1.37. The molecular formula is C16H18BrNO3S. The van der Waals surface area contributed by atoms with E-state index >= 15 is 0 Å². The maximum Gasteiger partial charge on any atom is 0.244 e. The van der Waals surface area contributed by atoms with Crippen molar-refractivity contribution >= 4 is 26.0 Å². The summed E-state index contributed by atoms with van der Waals surface area (Å²) in [6, 6.07) is 12.7. The molecule has 6 heteroatoms. The van der Waals surface area contributed by atoms with Crippen molar-refractivity contribution < 1.29 is 13.2 Å². The van der Waals surface area contributed by atoms with Crippen LogP contribution in [0.3, 0.4) is 0 Å². The fourth-order valence-corrected chi connectivity index (χ4v) is 3.63. The first-order valence-electron chi connectivity index (χ1n) is 6.90. The second-order valence-electron chi connectivity index (χ2n) is 4.83. The quantitative estimate of drug-likeness (QED) is 0.828. The van der Waals surface area contributed by atoms with E-state index in [1.54, 1.807) is 18.2 Å². The molecular weight excluding hydrogens is 366 g/mol. The van der Waals surface area contributed by atoms with Crippen LogP contribution in [0.4, 0.5) is 0 Å². The second-order valence-corrected chi connectivity index (χ2v) is 7.49. The van der Waals surface area contributed by atoms with E-state index < -0.39 is 10.0 Å². The summed E-state index contributed by atoms with van der Waals surface area (Å²) < 4.78 is 33.7. The third kappa shape index (κ3) is 4.32. The van der Waals surface area contributed by atoms with Crippen molar-refractivity contribution in [2.45, 2.75) is 25.3 Å². The Morgan fingerprint density at radius 1 is 1.14 bits per heavy atom. The average Bonchev–Trinajstić information content (AvgIpc) is 2.49. The van der Waals surface area contributed by atoms with E-state index in [0.717, 1.165) is 11.1 Å². The molecule has 0 saturated carbocycles. The van der Waals surface area contributed by atoms with E-state index in [1.165, 1.54) is 0 Å². The minimum Gasteiger partial charge on any atom is -0.492 e. The van der Waals surface area contributed by atoms with Crippen molar-refractivity contribution in [2.75, 3.05) is 6.61 Å². The lowest BCUT2D eigenvalue weighted by atomic mass is 10.2. The van der Waals surface area contributed by atoms with E-state index in [0.29, 0.717) is 16.8 Å². The molecule has 0 aliphatic rings. The molecule has 0 amide bonds. The Labute approximate surface area is 139 Å². The molecule has 0 atom stereocenters. The molecule has 0 saturated heterocycles. The van der Waals surface area contributed by atoms with Gasteiger partial charge in [-0.25, -0.2) is 13.1 Å². The smallest absolute Gasteiger partial charge is 0.244 e. The maximum absolute atomic E-state index is 12.5. The van der Waals surface area contributed by atoms with Gasteiger partial charge in [-0.05, 0) is 37.6 Å². The van der Waals surface area contributed by atoms with Crippen molar-refractivity contribution in [3.05, 3.63) is 58.1 Å². The standard InChI is InChI=1S/C16H18BrNO3S/c1-3-21-15-9-8-14(17)10-16(15)22(19,20)18-11-13-6-4-12(2)5-7-13/h4-10,18H,3,11H2,1-2H3. The first-order chi connectivity index (χ1) is 10.4. The van der Waals surface area contributed by atoms with Crippen LogP contribution in [-0.2, 0) is 16.6 Å². The zero-order valence-electron chi connectivity index (χ0n) is 12.5. The van der Waals surface area contributed by atoms with Gasteiger partial charge in [0, 0.05) is 11.0 Å². The van der Waals surface area contributed by atoms with Crippen LogP contribution in [-0.4, -0.2) is 15.0 Å². The molecule has 0 aliphatic heterocycles. The molecule has 1 N–H and O–H groups in total. The SMILES string of the molecule is CCOc1ccc(Br)cc1S(=O)(=O)NCc1ccc(C)cc1. The molecule has 0 unspecified atom stereocenters. The summed E-state index contributed by atoms with van der Waals surface area (Å²) >= 11 is 3.30. The lowest BCUT2D eigenvalue weighted by Crippen LogP contribution is -2.24. The minimum atomic E-state index is -3.65. The highest BCUT2D eigenvalue weighted by molar-refractivity contribution is 9.10. The van der Waals surface area contributed by atoms with Crippen LogP contribution in [0.5, 0.6) is 5.75 Å². The molecule has 2 rings (SSSR count). The van der Waals surface area contributed by atoms with Crippen LogP contribution in [0, 0.1) is 6.92 Å². The second kappa shape index (κ2) is 7.26. The summed E-state index contributed by atoms with van der Waals surface area (Å²) in [6.45, 7) is 4.45. The van der Waals surface area contributed by atoms with Crippen molar-refractivity contribution in [3.8, 4) is 5.75 Å². The zero-order chi connectivity index (χ0) is 16.2. The summed E-state index contributed by atoms with van der Waals surface area (Å²) in [5, 5.41) is 0. The number of benzene rings is 2. The molecule has 118 valence electrons. The third-order valence-corrected chi connectivity index (χ3v) is 5.00. The summed E-state index contributed by atoms with van der Waals surface area (Å²) in [7, 11) is -3.65. The molecule has 0 radical (unpaired) electrons. The molecule has 0 fully saturated rings. The predicted molar refractivity (Wildman–Crippen MR) is 90.5 cm³/mol. The van der Waals surface area contributed by atoms with Crippen molar-refractivity contribution in [3.63, 3.8) is 0 Å². The van der Waals surface area contributed by atoms with Gasteiger partial charge in [-0.2, -0.15) is 0 Å². The van der Waals surface area contributed by atoms with Gasteiger partial charge in [0.05, 0.1) is 6.61 Å². The van der Waals surface area contributed by atoms with E-state index in [9.17, 15) is 8.42 Å². The molecule has 0 heterocycles. The number of aryl methyl sites for hydroxylation is 1. The van der Waals surface area contributed by atoms with Crippen LogP contribution in [0.15, 0.2) is 51.8 Å². The topological polar surface area (TPSA) is 55.4 Å². The van der Waals surface area contributed by atoms with Crippen LogP contribution in [0.25, 0.3) is 0 Å². The van der Waals surface area contributed by atoms with Gasteiger partial charge in [0.1, 0.15) is 10.6 Å². The van der Waals surface area contributed by atoms with Gasteiger partial charge in [0.25, 0.3) is 0 Å². The third-order valence-electron chi connectivity index (χ3n) is 3.08. The van der Waals surface area contributed by atoms with Crippen LogP contribution in [0.2, 0.25) is 0 Å². The number of hydrogen-bond donors (Lipinski definition) is 1. The van der Waals surface area contributed by atoms with E-state index in [1.807, 2.05) is 38.1 Å². The minimum absolute atomic E-state index is 0.135. The number of hydrogen-bond acceptors (Lipinski definition) is 3. The van der Waals surface area contributed by atoms with Crippen LogP contribution in [0.1, 0.15) is 18.1 Å². The van der Waals surface area contributed by atoms with Crippen molar-refractivity contribution in [1.82, 2.24) is 4.72 Å². The van der Waals surface area contributed by atoms with Gasteiger partial charge in [0.2, 0.25) is 10.0 Å². The number of ether oxygens (including phenoxy) is 1. The van der Waals surface area contributed by atoms with Crippen molar-refractivity contribution in [1.29, 1.82) is 0 Å². The van der Waals surface area contributed by atoms with Gasteiger partial charge in [-0.1, -0.05) is 45.8 Å². The van der Waals surface area contributed by atoms with Gasteiger partial charge in [-0.3, -0.25) is 0 Å².